The van der Waals surface area contributed by atoms with Crippen molar-refractivity contribution < 1.29 is 28.9 Å². The van der Waals surface area contributed by atoms with Gasteiger partial charge in [-0.3, -0.25) is 14.6 Å². The van der Waals surface area contributed by atoms with Gasteiger partial charge in [-0.05, 0) is 56.7 Å². The smallest absolute Gasteiger partial charge is 0.309 e. The number of allylic oxidation sites excluding steroid dienone is 1. The zero-order valence-electron chi connectivity index (χ0n) is 21.5. The van der Waals surface area contributed by atoms with Gasteiger partial charge in [-0.2, -0.15) is 0 Å². The normalized spacial score (nSPS) is 29.9. The van der Waals surface area contributed by atoms with Gasteiger partial charge in [0.2, 0.25) is 0 Å². The first-order valence-electron chi connectivity index (χ1n) is 12.5. The van der Waals surface area contributed by atoms with Crippen LogP contribution in [0.5, 0.6) is 0 Å². The van der Waals surface area contributed by atoms with Gasteiger partial charge >= 0.3 is 5.97 Å². The Morgan fingerprint density at radius 1 is 1.29 bits per heavy atom. The molecule has 1 aliphatic rings. The van der Waals surface area contributed by atoms with Crippen LogP contribution in [0.25, 0.3) is 6.08 Å². The number of ether oxygens (including phenoxy) is 1. The van der Waals surface area contributed by atoms with Crippen molar-refractivity contribution in [3.8, 4) is 0 Å². The molecule has 1 aliphatic heterocycles. The molecule has 0 saturated carbocycles. The van der Waals surface area contributed by atoms with E-state index in [1.165, 1.54) is 6.08 Å². The number of halogens is 1. The van der Waals surface area contributed by atoms with E-state index in [0.717, 1.165) is 24.8 Å². The molecule has 0 spiro atoms. The second-order valence-corrected chi connectivity index (χ2v) is 10.2. The molecule has 0 aliphatic carbocycles. The van der Waals surface area contributed by atoms with Crippen LogP contribution < -0.4 is 0 Å². The lowest BCUT2D eigenvalue weighted by Crippen LogP contribution is -2.46. The molecule has 6 nitrogen and oxygen atoms in total. The Morgan fingerprint density at radius 2 is 2.00 bits per heavy atom. The fraction of sp³-hybridized carbons (Fsp3) is 0.607. The second-order valence-electron chi connectivity index (χ2n) is 10.2. The summed E-state index contributed by atoms with van der Waals surface area (Å²) in [7, 11) is 0. The lowest BCUT2D eigenvalue weighted by Gasteiger charge is -2.35. The number of hydrogen-bond acceptors (Lipinski definition) is 6. The highest BCUT2D eigenvalue weighted by Crippen LogP contribution is 2.34. The molecule has 0 bridgehead atoms. The van der Waals surface area contributed by atoms with Crippen LogP contribution in [0, 0.1) is 17.3 Å². The number of nitrogens with zero attached hydrogens (tertiary/aromatic N) is 1. The minimum absolute atomic E-state index is 0.103. The minimum Gasteiger partial charge on any atom is -0.455 e. The van der Waals surface area contributed by atoms with Crippen molar-refractivity contribution in [2.75, 3.05) is 0 Å². The van der Waals surface area contributed by atoms with Gasteiger partial charge in [0.15, 0.2) is 6.10 Å². The maximum Gasteiger partial charge on any atom is 0.309 e. The average molecular weight is 490 g/mol. The van der Waals surface area contributed by atoms with E-state index in [9.17, 15) is 19.8 Å². The van der Waals surface area contributed by atoms with Crippen molar-refractivity contribution in [3.63, 3.8) is 0 Å². The predicted octanol–water partition coefficient (Wildman–Crippen LogP) is 5.19. The molecule has 0 fully saturated rings. The van der Waals surface area contributed by atoms with E-state index < -0.39 is 47.9 Å². The molecule has 1 aromatic rings. The molecule has 0 amide bonds. The lowest BCUT2D eigenvalue weighted by molar-refractivity contribution is -0.155. The minimum atomic E-state index is -1.34. The molecule has 0 saturated heterocycles. The first-order valence-corrected chi connectivity index (χ1v) is 12.5. The van der Waals surface area contributed by atoms with E-state index in [-0.39, 0.29) is 18.1 Å². The molecule has 194 valence electrons. The number of carbonyl (C=O) groups is 2. The highest BCUT2D eigenvalue weighted by Gasteiger charge is 2.43. The molecule has 0 aromatic carbocycles. The summed E-state index contributed by atoms with van der Waals surface area (Å²) in [6, 6.07) is 5.11. The molecule has 7 heteroatoms. The Bertz CT molecular complexity index is 911. The molecule has 0 unspecified atom stereocenters. The standard InChI is InChI=1S/C28H40FNO5/c1-6-21-26(33)19(3)11-9-10-18(2)13-14-23(22(29)16-20-12-7-8-15-30-20)35-25(32)17-24(31)28(4,5)27(21)34/h7-8,12-13,15-16,19,21,23-24,26,31,33H,6,9-11,14,17H2,1-5H3/t19-,21+,23-,24-,26-/m0/s1. The maximum absolute atomic E-state index is 15.1. The van der Waals surface area contributed by atoms with E-state index in [2.05, 4.69) is 4.98 Å². The Balaban J connectivity index is 2.36. The molecular formula is C28H40FNO5. The van der Waals surface area contributed by atoms with Crippen LogP contribution in [-0.4, -0.2) is 45.3 Å². The first-order chi connectivity index (χ1) is 16.5. The summed E-state index contributed by atoms with van der Waals surface area (Å²) in [5, 5.41) is 21.7. The summed E-state index contributed by atoms with van der Waals surface area (Å²) in [5.41, 5.74) is 0.139. The van der Waals surface area contributed by atoms with E-state index in [1.807, 2.05) is 26.8 Å². The van der Waals surface area contributed by atoms with Crippen molar-refractivity contribution in [2.45, 2.75) is 91.5 Å². The Labute approximate surface area is 208 Å². The summed E-state index contributed by atoms with van der Waals surface area (Å²) in [5.74, 6) is -2.49. The van der Waals surface area contributed by atoms with Gasteiger partial charge in [-0.1, -0.05) is 45.4 Å². The number of hydrogen-bond donors (Lipinski definition) is 2. The Morgan fingerprint density at radius 3 is 2.63 bits per heavy atom. The number of carbonyl (C=O) groups excluding carboxylic acids is 2. The fourth-order valence-electron chi connectivity index (χ4n) is 4.44. The largest absolute Gasteiger partial charge is 0.455 e. The fourth-order valence-corrected chi connectivity index (χ4v) is 4.44. The number of rotatable bonds is 3. The van der Waals surface area contributed by atoms with Crippen LogP contribution in [0.1, 0.15) is 78.8 Å². The highest BCUT2D eigenvalue weighted by atomic mass is 19.1. The number of ketones is 1. The zero-order chi connectivity index (χ0) is 26.2. The lowest BCUT2D eigenvalue weighted by atomic mass is 9.71. The van der Waals surface area contributed by atoms with Crippen molar-refractivity contribution in [1.82, 2.24) is 4.98 Å². The van der Waals surface area contributed by atoms with Crippen molar-refractivity contribution in [1.29, 1.82) is 0 Å². The van der Waals surface area contributed by atoms with Crippen LogP contribution in [0.3, 0.4) is 0 Å². The Kier molecular flexibility index (Phi) is 10.8. The van der Waals surface area contributed by atoms with Gasteiger partial charge < -0.3 is 14.9 Å². The summed E-state index contributed by atoms with van der Waals surface area (Å²) >= 11 is 0. The number of aromatic nitrogens is 1. The number of cyclic esters (lactones) is 1. The molecular weight excluding hydrogens is 449 g/mol. The highest BCUT2D eigenvalue weighted by molar-refractivity contribution is 5.88. The summed E-state index contributed by atoms with van der Waals surface area (Å²) in [6.45, 7) is 8.84. The van der Waals surface area contributed by atoms with Gasteiger partial charge in [0.25, 0.3) is 0 Å². The van der Waals surface area contributed by atoms with Crippen molar-refractivity contribution in [3.05, 3.63) is 47.6 Å². The number of pyridine rings is 1. The second kappa shape index (κ2) is 13.1. The van der Waals surface area contributed by atoms with Gasteiger partial charge in [0.1, 0.15) is 11.6 Å². The van der Waals surface area contributed by atoms with Crippen LogP contribution in [0.4, 0.5) is 4.39 Å². The molecule has 1 aromatic heterocycles. The van der Waals surface area contributed by atoms with Crippen LogP contribution in [0.15, 0.2) is 41.9 Å². The SMILES string of the molecule is CC[C@H]1C(=O)C(C)(C)[C@@H](O)CC(=O)O[C@H](C(F)=Cc2ccccn2)CC=C(C)CCC[C@H](C)[C@@H]1O. The molecule has 5 atom stereocenters. The monoisotopic (exact) mass is 489 g/mol. The molecule has 0 radical (unpaired) electrons. The number of aliphatic hydroxyl groups is 2. The van der Waals surface area contributed by atoms with Crippen LogP contribution in [-0.2, 0) is 14.3 Å². The summed E-state index contributed by atoms with van der Waals surface area (Å²) in [4.78, 5) is 30.1. The topological polar surface area (TPSA) is 96.7 Å². The van der Waals surface area contributed by atoms with E-state index in [1.54, 1.807) is 38.2 Å². The summed E-state index contributed by atoms with van der Waals surface area (Å²) in [6.07, 6.45) is 3.68. The van der Waals surface area contributed by atoms with Crippen LogP contribution >= 0.6 is 0 Å². The van der Waals surface area contributed by atoms with E-state index >= 15 is 4.39 Å². The summed E-state index contributed by atoms with van der Waals surface area (Å²) < 4.78 is 20.6. The predicted molar refractivity (Wildman–Crippen MR) is 134 cm³/mol. The zero-order valence-corrected chi connectivity index (χ0v) is 21.5. The maximum atomic E-state index is 15.1. The third-order valence-electron chi connectivity index (χ3n) is 7.07. The average Bonchev–Trinajstić information content (AvgIpc) is 2.81. The molecule has 2 N–H and O–H groups in total. The van der Waals surface area contributed by atoms with E-state index in [4.69, 9.17) is 4.74 Å². The molecule has 2 rings (SSSR count). The van der Waals surface area contributed by atoms with E-state index in [0.29, 0.717) is 12.1 Å². The van der Waals surface area contributed by atoms with Gasteiger partial charge in [-0.15, -0.1) is 0 Å². The quantitative estimate of drug-likeness (QED) is 0.448. The van der Waals surface area contributed by atoms with Gasteiger partial charge in [0, 0.05) is 18.5 Å². The van der Waals surface area contributed by atoms with Crippen LogP contribution in [0.2, 0.25) is 0 Å². The van der Waals surface area contributed by atoms with Crippen molar-refractivity contribution in [2.24, 2.45) is 17.3 Å². The third-order valence-corrected chi connectivity index (χ3v) is 7.07. The molecule has 2 heterocycles. The van der Waals surface area contributed by atoms with Crippen molar-refractivity contribution >= 4 is 17.8 Å². The number of Topliss-reactive ketones (excluding diaryl/α,β-unsaturated/α-hetero) is 1. The number of esters is 1. The number of aliphatic hydroxyl groups excluding tert-OH is 2. The van der Waals surface area contributed by atoms with Gasteiger partial charge in [-0.25, -0.2) is 4.39 Å². The first kappa shape index (κ1) is 28.9. The molecule has 35 heavy (non-hydrogen) atoms. The Hall–Kier alpha value is -2.38. The van der Waals surface area contributed by atoms with Gasteiger partial charge in [0.05, 0.1) is 29.7 Å². The third kappa shape index (κ3) is 8.07.